The molecule has 1 saturated heterocycles. The van der Waals surface area contributed by atoms with Crippen LogP contribution in [0.25, 0.3) is 0 Å². The van der Waals surface area contributed by atoms with Gasteiger partial charge in [0, 0.05) is 35.2 Å². The summed E-state index contributed by atoms with van der Waals surface area (Å²) in [5.41, 5.74) is 8.02. The lowest BCUT2D eigenvalue weighted by Crippen LogP contribution is -2.41. The molecule has 1 aromatic heterocycles. The fourth-order valence-electron chi connectivity index (χ4n) is 3.16. The van der Waals surface area contributed by atoms with Crippen molar-refractivity contribution in [3.8, 4) is 0 Å². The number of piperidine rings is 1. The van der Waals surface area contributed by atoms with Crippen LogP contribution in [0.3, 0.4) is 0 Å². The number of rotatable bonds is 5. The molecule has 7 heteroatoms. The normalized spacial score (nSPS) is 15.2. The Labute approximate surface area is 157 Å². The average Bonchev–Trinajstić information content (AvgIpc) is 2.97. The van der Waals surface area contributed by atoms with Gasteiger partial charge >= 0.3 is 0 Å². The average molecular weight is 373 g/mol. The van der Waals surface area contributed by atoms with Crippen molar-refractivity contribution in [2.75, 3.05) is 13.1 Å². The number of aryl methyl sites for hydroxylation is 2. The molecular weight excluding hydrogens is 350 g/mol. The predicted octanol–water partition coefficient (Wildman–Crippen LogP) is 2.92. The number of carbonyl (C=O) groups is 2. The highest BCUT2D eigenvalue weighted by Crippen LogP contribution is 2.30. The fourth-order valence-corrected chi connectivity index (χ4v) is 4.36. The number of nitrogens with zero attached hydrogens (tertiary/aromatic N) is 2. The summed E-state index contributed by atoms with van der Waals surface area (Å²) in [6.07, 6.45) is 1.27. The second kappa shape index (κ2) is 7.95. The highest BCUT2D eigenvalue weighted by Gasteiger charge is 2.27. The van der Waals surface area contributed by atoms with Crippen LogP contribution in [-0.4, -0.2) is 35.0 Å². The van der Waals surface area contributed by atoms with Crippen molar-refractivity contribution >= 4 is 23.6 Å². The zero-order chi connectivity index (χ0) is 18.7. The van der Waals surface area contributed by atoms with Gasteiger partial charge in [-0.3, -0.25) is 9.59 Å². The lowest BCUT2D eigenvalue weighted by molar-refractivity contribution is -0.123. The Hall–Kier alpha value is -2.28. The number of carbonyl (C=O) groups excluding carboxylic acids is 2. The highest BCUT2D eigenvalue weighted by molar-refractivity contribution is 7.98. The van der Waals surface area contributed by atoms with Gasteiger partial charge < -0.3 is 15.2 Å². The first-order chi connectivity index (χ1) is 12.5. The van der Waals surface area contributed by atoms with Crippen molar-refractivity contribution in [3.63, 3.8) is 0 Å². The van der Waals surface area contributed by atoms with E-state index in [1.54, 1.807) is 11.8 Å². The molecule has 2 N–H and O–H groups in total. The van der Waals surface area contributed by atoms with Gasteiger partial charge in [-0.1, -0.05) is 17.3 Å². The standard InChI is InChI=1S/C19H23N3O3S/c1-12-16(13(2)25-21-12)11-26-17-6-4-3-5-15(17)19(24)22-9-7-14(8-10-22)18(20)23/h3-6,14H,7-11H2,1-2H3,(H2,20,23). The van der Waals surface area contributed by atoms with Crippen LogP contribution in [0, 0.1) is 19.8 Å². The number of likely N-dealkylation sites (tertiary alicyclic amines) is 1. The molecule has 1 fully saturated rings. The summed E-state index contributed by atoms with van der Waals surface area (Å²) < 4.78 is 5.21. The van der Waals surface area contributed by atoms with E-state index >= 15 is 0 Å². The van der Waals surface area contributed by atoms with E-state index in [9.17, 15) is 9.59 Å². The molecule has 0 radical (unpaired) electrons. The number of hydrogen-bond acceptors (Lipinski definition) is 5. The number of thioether (sulfide) groups is 1. The van der Waals surface area contributed by atoms with Crippen molar-refractivity contribution in [2.24, 2.45) is 11.7 Å². The van der Waals surface area contributed by atoms with E-state index in [-0.39, 0.29) is 17.7 Å². The van der Waals surface area contributed by atoms with E-state index in [0.717, 1.165) is 21.9 Å². The van der Waals surface area contributed by atoms with Crippen molar-refractivity contribution in [1.82, 2.24) is 10.1 Å². The maximum Gasteiger partial charge on any atom is 0.254 e. The van der Waals surface area contributed by atoms with Crippen LogP contribution in [0.2, 0.25) is 0 Å². The number of primary amides is 1. The molecule has 1 aliphatic rings. The summed E-state index contributed by atoms with van der Waals surface area (Å²) in [4.78, 5) is 27.0. The van der Waals surface area contributed by atoms with Crippen LogP contribution in [0.1, 0.15) is 40.2 Å². The third-order valence-corrected chi connectivity index (χ3v) is 5.96. The van der Waals surface area contributed by atoms with Gasteiger partial charge in [0.1, 0.15) is 5.76 Å². The predicted molar refractivity (Wildman–Crippen MR) is 99.8 cm³/mol. The van der Waals surface area contributed by atoms with E-state index in [1.807, 2.05) is 43.0 Å². The first kappa shape index (κ1) is 18.5. The van der Waals surface area contributed by atoms with Gasteiger partial charge in [0.25, 0.3) is 5.91 Å². The minimum Gasteiger partial charge on any atom is -0.369 e. The van der Waals surface area contributed by atoms with Gasteiger partial charge in [-0.25, -0.2) is 0 Å². The van der Waals surface area contributed by atoms with Crippen molar-refractivity contribution in [1.29, 1.82) is 0 Å². The Morgan fingerprint density at radius 2 is 1.96 bits per heavy atom. The van der Waals surface area contributed by atoms with E-state index in [4.69, 9.17) is 10.3 Å². The van der Waals surface area contributed by atoms with Crippen LogP contribution in [0.4, 0.5) is 0 Å². The van der Waals surface area contributed by atoms with Gasteiger partial charge in [-0.05, 0) is 38.8 Å². The highest BCUT2D eigenvalue weighted by atomic mass is 32.2. The molecule has 138 valence electrons. The van der Waals surface area contributed by atoms with Crippen LogP contribution < -0.4 is 5.73 Å². The monoisotopic (exact) mass is 373 g/mol. The smallest absolute Gasteiger partial charge is 0.254 e. The van der Waals surface area contributed by atoms with E-state index < -0.39 is 0 Å². The molecule has 2 heterocycles. The number of aromatic nitrogens is 1. The maximum atomic E-state index is 13.0. The fraction of sp³-hybridized carbons (Fsp3) is 0.421. The first-order valence-electron chi connectivity index (χ1n) is 8.69. The molecular formula is C19H23N3O3S. The van der Waals surface area contributed by atoms with Gasteiger partial charge in [0.05, 0.1) is 11.3 Å². The van der Waals surface area contributed by atoms with Gasteiger partial charge in [0.2, 0.25) is 5.91 Å². The first-order valence-corrected chi connectivity index (χ1v) is 9.68. The summed E-state index contributed by atoms with van der Waals surface area (Å²) in [5, 5.41) is 3.98. The lowest BCUT2D eigenvalue weighted by Gasteiger charge is -2.31. The molecule has 0 aliphatic carbocycles. The Morgan fingerprint density at radius 3 is 2.58 bits per heavy atom. The molecule has 0 spiro atoms. The summed E-state index contributed by atoms with van der Waals surface area (Å²) in [6, 6.07) is 7.64. The number of hydrogen-bond donors (Lipinski definition) is 1. The third kappa shape index (κ3) is 3.93. The molecule has 0 bridgehead atoms. The zero-order valence-corrected chi connectivity index (χ0v) is 15.8. The van der Waals surface area contributed by atoms with Crippen molar-refractivity contribution in [3.05, 3.63) is 46.8 Å². The molecule has 6 nitrogen and oxygen atoms in total. The Morgan fingerprint density at radius 1 is 1.27 bits per heavy atom. The molecule has 1 aromatic carbocycles. The molecule has 26 heavy (non-hydrogen) atoms. The van der Waals surface area contributed by atoms with Crippen molar-refractivity contribution in [2.45, 2.75) is 37.3 Å². The minimum atomic E-state index is -0.271. The quantitative estimate of drug-likeness (QED) is 0.814. The van der Waals surface area contributed by atoms with Gasteiger partial charge in [-0.2, -0.15) is 0 Å². The zero-order valence-electron chi connectivity index (χ0n) is 15.0. The summed E-state index contributed by atoms with van der Waals surface area (Å²) in [5.74, 6) is 1.13. The summed E-state index contributed by atoms with van der Waals surface area (Å²) in [7, 11) is 0. The largest absolute Gasteiger partial charge is 0.369 e. The minimum absolute atomic E-state index is 0.00906. The molecule has 0 atom stereocenters. The molecule has 2 amide bonds. The Kier molecular flexibility index (Phi) is 5.66. The Balaban J connectivity index is 1.71. The summed E-state index contributed by atoms with van der Waals surface area (Å²) in [6.45, 7) is 4.95. The van der Waals surface area contributed by atoms with Gasteiger partial charge in [0.15, 0.2) is 0 Å². The molecule has 2 aromatic rings. The van der Waals surface area contributed by atoms with Crippen LogP contribution in [0.5, 0.6) is 0 Å². The topological polar surface area (TPSA) is 89.4 Å². The van der Waals surface area contributed by atoms with Crippen molar-refractivity contribution < 1.29 is 14.1 Å². The molecule has 3 rings (SSSR count). The van der Waals surface area contributed by atoms with Crippen LogP contribution in [-0.2, 0) is 10.5 Å². The Bertz CT molecular complexity index is 791. The van der Waals surface area contributed by atoms with E-state index in [1.165, 1.54) is 0 Å². The number of amides is 2. The molecule has 1 aliphatic heterocycles. The third-order valence-electron chi connectivity index (χ3n) is 4.86. The lowest BCUT2D eigenvalue weighted by atomic mass is 9.96. The SMILES string of the molecule is Cc1noc(C)c1CSc1ccccc1C(=O)N1CCC(C(N)=O)CC1. The van der Waals surface area contributed by atoms with E-state index in [2.05, 4.69) is 5.16 Å². The van der Waals surface area contributed by atoms with E-state index in [0.29, 0.717) is 37.2 Å². The molecule has 0 saturated carbocycles. The van der Waals surface area contributed by atoms with Gasteiger partial charge in [-0.15, -0.1) is 11.8 Å². The number of benzene rings is 1. The summed E-state index contributed by atoms with van der Waals surface area (Å²) >= 11 is 1.61. The number of nitrogens with two attached hydrogens (primary N) is 1. The second-order valence-corrected chi connectivity index (χ2v) is 7.57. The second-order valence-electron chi connectivity index (χ2n) is 6.56. The van der Waals surface area contributed by atoms with Crippen LogP contribution >= 0.6 is 11.8 Å². The maximum absolute atomic E-state index is 13.0. The van der Waals surface area contributed by atoms with Crippen LogP contribution in [0.15, 0.2) is 33.7 Å². The molecule has 0 unspecified atom stereocenters.